The average molecular weight is 305 g/mol. The highest BCUT2D eigenvalue weighted by atomic mass is 32.1. The molecule has 2 heterocycles. The Morgan fingerprint density at radius 3 is 2.75 bits per heavy atom. The number of thiazole rings is 2. The first kappa shape index (κ1) is 13.0. The topological polar surface area (TPSA) is 78.1 Å². The van der Waals surface area contributed by atoms with Crippen LogP contribution < -0.4 is 10.5 Å². The van der Waals surface area contributed by atoms with E-state index in [0.717, 1.165) is 21.0 Å². The van der Waals surface area contributed by atoms with Gasteiger partial charge in [0.1, 0.15) is 11.3 Å². The quantitative estimate of drug-likeness (QED) is 0.807. The summed E-state index contributed by atoms with van der Waals surface area (Å²) in [5, 5.41) is 3.25. The van der Waals surface area contributed by atoms with E-state index in [4.69, 9.17) is 10.5 Å². The van der Waals surface area contributed by atoms with Crippen molar-refractivity contribution in [2.24, 2.45) is 5.73 Å². The molecule has 7 heteroatoms. The van der Waals surface area contributed by atoms with Crippen LogP contribution in [-0.2, 0) is 0 Å². The maximum Gasteiger partial charge on any atom is 0.277 e. The van der Waals surface area contributed by atoms with Crippen molar-refractivity contribution in [2.45, 2.75) is 6.92 Å². The summed E-state index contributed by atoms with van der Waals surface area (Å²) in [4.78, 5) is 20.1. The Morgan fingerprint density at radius 2 is 2.15 bits per heavy atom. The molecule has 20 heavy (non-hydrogen) atoms. The number of amides is 1. The number of methoxy groups -OCH3 is 1. The Hall–Kier alpha value is -1.99. The summed E-state index contributed by atoms with van der Waals surface area (Å²) in [6.45, 7) is 1.95. The maximum atomic E-state index is 11.3. The number of primary amides is 1. The van der Waals surface area contributed by atoms with Crippen molar-refractivity contribution in [3.63, 3.8) is 0 Å². The summed E-state index contributed by atoms with van der Waals surface area (Å²) < 4.78 is 6.16. The number of nitrogens with zero attached hydrogens (tertiary/aromatic N) is 2. The highest BCUT2D eigenvalue weighted by molar-refractivity contribution is 7.21. The molecule has 0 spiro atoms. The number of carbonyl (C=O) groups is 1. The number of fused-ring (bicyclic) bond motifs is 1. The fraction of sp³-hybridized carbons (Fsp3) is 0.154. The molecule has 0 bridgehead atoms. The van der Waals surface area contributed by atoms with Gasteiger partial charge in [-0.05, 0) is 19.1 Å². The Balaban J connectivity index is 2.30. The number of carbonyl (C=O) groups excluding carboxylic acids is 1. The number of benzene rings is 1. The lowest BCUT2D eigenvalue weighted by atomic mass is 10.1. The van der Waals surface area contributed by atoms with Gasteiger partial charge in [0.25, 0.3) is 5.91 Å². The van der Waals surface area contributed by atoms with E-state index in [1.807, 2.05) is 24.4 Å². The van der Waals surface area contributed by atoms with Gasteiger partial charge in [-0.15, -0.1) is 22.7 Å². The molecule has 0 aliphatic heterocycles. The molecular formula is C13H11N3O2S2. The van der Waals surface area contributed by atoms with Crippen molar-refractivity contribution in [3.05, 3.63) is 27.5 Å². The van der Waals surface area contributed by atoms with Gasteiger partial charge in [0.2, 0.25) is 0 Å². The first-order valence-electron chi connectivity index (χ1n) is 5.80. The second-order valence-electron chi connectivity index (χ2n) is 4.13. The summed E-state index contributed by atoms with van der Waals surface area (Å²) in [6, 6.07) is 3.76. The number of ether oxygens (including phenoxy) is 1. The largest absolute Gasteiger partial charge is 0.494 e. The van der Waals surface area contributed by atoms with Gasteiger partial charge < -0.3 is 10.5 Å². The Kier molecular flexibility index (Phi) is 3.15. The first-order valence-corrected chi connectivity index (χ1v) is 7.49. The van der Waals surface area contributed by atoms with Gasteiger partial charge in [0, 0.05) is 10.9 Å². The average Bonchev–Trinajstić information content (AvgIpc) is 3.03. The third-order valence-corrected chi connectivity index (χ3v) is 4.71. The van der Waals surface area contributed by atoms with E-state index in [0.29, 0.717) is 11.3 Å². The fourth-order valence-corrected chi connectivity index (χ4v) is 3.51. The van der Waals surface area contributed by atoms with E-state index < -0.39 is 5.91 Å². The third-order valence-electron chi connectivity index (χ3n) is 2.83. The van der Waals surface area contributed by atoms with Gasteiger partial charge in [0.05, 0.1) is 22.5 Å². The summed E-state index contributed by atoms with van der Waals surface area (Å²) in [5.41, 5.74) is 7.78. The number of aromatic nitrogens is 2. The predicted molar refractivity (Wildman–Crippen MR) is 80.5 cm³/mol. The summed E-state index contributed by atoms with van der Waals surface area (Å²) in [5.74, 6) is 0.0908. The highest BCUT2D eigenvalue weighted by Crippen LogP contribution is 2.38. The number of aryl methyl sites for hydroxylation is 1. The van der Waals surface area contributed by atoms with Crippen LogP contribution >= 0.6 is 22.7 Å². The van der Waals surface area contributed by atoms with Crippen LogP contribution in [0.2, 0.25) is 0 Å². The minimum atomic E-state index is -0.534. The molecule has 2 aromatic heterocycles. The summed E-state index contributed by atoms with van der Waals surface area (Å²) in [6.07, 6.45) is 0. The molecule has 0 atom stereocenters. The normalized spacial score (nSPS) is 10.9. The Bertz CT molecular complexity index is 807. The number of nitrogens with two attached hydrogens (primary N) is 1. The van der Waals surface area contributed by atoms with E-state index >= 15 is 0 Å². The summed E-state index contributed by atoms with van der Waals surface area (Å²) in [7, 11) is 1.57. The SMILES string of the molecule is COc1ccc(-c2csc(C)n2)c2sc(C(N)=O)nc12. The van der Waals surface area contributed by atoms with Crippen molar-refractivity contribution >= 4 is 38.8 Å². The first-order chi connectivity index (χ1) is 9.60. The zero-order valence-electron chi connectivity index (χ0n) is 10.8. The Morgan fingerprint density at radius 1 is 1.35 bits per heavy atom. The Labute approximate surface area is 123 Å². The van der Waals surface area contributed by atoms with Crippen LogP contribution in [0.1, 0.15) is 14.8 Å². The van der Waals surface area contributed by atoms with Crippen LogP contribution in [0.4, 0.5) is 0 Å². The molecule has 1 amide bonds. The van der Waals surface area contributed by atoms with Crippen LogP contribution in [0.15, 0.2) is 17.5 Å². The number of hydrogen-bond donors (Lipinski definition) is 1. The van der Waals surface area contributed by atoms with E-state index in [2.05, 4.69) is 9.97 Å². The maximum absolute atomic E-state index is 11.3. The van der Waals surface area contributed by atoms with Gasteiger partial charge in [-0.2, -0.15) is 0 Å². The molecule has 102 valence electrons. The monoisotopic (exact) mass is 305 g/mol. The molecule has 2 N–H and O–H groups in total. The van der Waals surface area contributed by atoms with Crippen molar-refractivity contribution in [1.82, 2.24) is 9.97 Å². The number of hydrogen-bond acceptors (Lipinski definition) is 6. The zero-order chi connectivity index (χ0) is 14.3. The molecule has 0 saturated heterocycles. The van der Waals surface area contributed by atoms with Crippen molar-refractivity contribution in [3.8, 4) is 17.0 Å². The van der Waals surface area contributed by atoms with E-state index in [1.54, 1.807) is 18.4 Å². The van der Waals surface area contributed by atoms with Crippen molar-refractivity contribution in [1.29, 1.82) is 0 Å². The number of rotatable bonds is 3. The van der Waals surface area contributed by atoms with Gasteiger partial charge in [0.15, 0.2) is 5.01 Å². The van der Waals surface area contributed by atoms with Crippen molar-refractivity contribution < 1.29 is 9.53 Å². The van der Waals surface area contributed by atoms with Gasteiger partial charge in [-0.25, -0.2) is 9.97 Å². The molecule has 3 rings (SSSR count). The molecule has 0 aliphatic rings. The second kappa shape index (κ2) is 4.84. The minimum Gasteiger partial charge on any atom is -0.494 e. The lowest BCUT2D eigenvalue weighted by Gasteiger charge is -2.03. The molecular weight excluding hydrogens is 294 g/mol. The van der Waals surface area contributed by atoms with E-state index in [-0.39, 0.29) is 5.01 Å². The standard InChI is InChI=1S/C13H11N3O2S2/c1-6-15-8(5-19-6)7-3-4-9(18-2)10-11(7)20-13(16-10)12(14)17/h3-5H,1-2H3,(H2,14,17). The molecule has 0 fully saturated rings. The van der Waals surface area contributed by atoms with Crippen LogP contribution in [0.3, 0.4) is 0 Å². The predicted octanol–water partition coefficient (Wildman–Crippen LogP) is 2.84. The van der Waals surface area contributed by atoms with Crippen LogP contribution in [0.25, 0.3) is 21.5 Å². The lowest BCUT2D eigenvalue weighted by molar-refractivity contribution is 0.1000. The van der Waals surface area contributed by atoms with Crippen LogP contribution in [0.5, 0.6) is 5.75 Å². The third kappa shape index (κ3) is 2.04. The van der Waals surface area contributed by atoms with Crippen LogP contribution in [0, 0.1) is 6.92 Å². The zero-order valence-corrected chi connectivity index (χ0v) is 12.5. The molecule has 0 unspecified atom stereocenters. The minimum absolute atomic E-state index is 0.276. The van der Waals surface area contributed by atoms with Gasteiger partial charge in [-0.3, -0.25) is 4.79 Å². The smallest absolute Gasteiger partial charge is 0.277 e. The second-order valence-corrected chi connectivity index (χ2v) is 6.19. The van der Waals surface area contributed by atoms with Gasteiger partial charge >= 0.3 is 0 Å². The molecule has 0 saturated carbocycles. The molecule has 3 aromatic rings. The van der Waals surface area contributed by atoms with E-state index in [9.17, 15) is 4.79 Å². The molecule has 5 nitrogen and oxygen atoms in total. The molecule has 1 aromatic carbocycles. The van der Waals surface area contributed by atoms with Crippen molar-refractivity contribution in [2.75, 3.05) is 7.11 Å². The van der Waals surface area contributed by atoms with E-state index in [1.165, 1.54) is 11.3 Å². The van der Waals surface area contributed by atoms with Crippen LogP contribution in [-0.4, -0.2) is 23.0 Å². The highest BCUT2D eigenvalue weighted by Gasteiger charge is 2.17. The molecule has 0 radical (unpaired) electrons. The summed E-state index contributed by atoms with van der Waals surface area (Å²) >= 11 is 2.85. The fourth-order valence-electron chi connectivity index (χ4n) is 1.94. The molecule has 0 aliphatic carbocycles. The lowest BCUT2D eigenvalue weighted by Crippen LogP contribution is -2.09. The van der Waals surface area contributed by atoms with Gasteiger partial charge in [-0.1, -0.05) is 0 Å².